The van der Waals surface area contributed by atoms with E-state index >= 15 is 0 Å². The van der Waals surface area contributed by atoms with Crippen LogP contribution in [-0.2, 0) is 16.1 Å². The van der Waals surface area contributed by atoms with Gasteiger partial charge in [-0.1, -0.05) is 54.6 Å². The fourth-order valence-electron chi connectivity index (χ4n) is 1.79. The molecule has 0 heterocycles. The molecule has 0 saturated heterocycles. The summed E-state index contributed by atoms with van der Waals surface area (Å²) in [7, 11) is -0.832. The van der Waals surface area contributed by atoms with Crippen molar-refractivity contribution in [2.24, 2.45) is 4.36 Å². The fraction of sp³-hybridized carbons (Fsp3) is 0.125. The average molecular weight is 271 g/mol. The Morgan fingerprint density at radius 1 is 1.00 bits per heavy atom. The second-order valence-electron chi connectivity index (χ2n) is 4.13. The maximum absolute atomic E-state index is 12.7. The molecule has 0 aliphatic rings. The SMILES string of the molecule is CN=S(=O)(/C=C/Cc1ccccc1)c1ccccc1. The Kier molecular flexibility index (Phi) is 4.53. The summed E-state index contributed by atoms with van der Waals surface area (Å²) in [6.07, 6.45) is 2.69. The van der Waals surface area contributed by atoms with Gasteiger partial charge in [-0.25, -0.2) is 8.57 Å². The molecule has 0 aromatic heterocycles. The van der Waals surface area contributed by atoms with E-state index in [2.05, 4.69) is 16.5 Å². The van der Waals surface area contributed by atoms with Crippen molar-refractivity contribution in [1.29, 1.82) is 0 Å². The molecule has 0 saturated carbocycles. The van der Waals surface area contributed by atoms with Crippen molar-refractivity contribution in [3.63, 3.8) is 0 Å². The molecule has 2 nitrogen and oxygen atoms in total. The van der Waals surface area contributed by atoms with E-state index in [1.807, 2.05) is 54.6 Å². The molecule has 0 radical (unpaired) electrons. The Morgan fingerprint density at radius 2 is 1.58 bits per heavy atom. The number of hydrogen-bond acceptors (Lipinski definition) is 2. The average Bonchev–Trinajstić information content (AvgIpc) is 2.49. The molecule has 19 heavy (non-hydrogen) atoms. The van der Waals surface area contributed by atoms with Crippen LogP contribution in [0.4, 0.5) is 0 Å². The molecule has 0 bridgehead atoms. The first-order chi connectivity index (χ1) is 9.24. The standard InChI is InChI=1S/C16H17NOS/c1-17-19(18,16-12-6-3-7-13-16)14-8-11-15-9-4-2-5-10-15/h2-10,12-14H,11H2,1H3/b14-8+. The van der Waals surface area contributed by atoms with Crippen molar-refractivity contribution < 1.29 is 4.21 Å². The highest BCUT2D eigenvalue weighted by Gasteiger charge is 2.05. The molecule has 3 heteroatoms. The van der Waals surface area contributed by atoms with Crippen molar-refractivity contribution in [1.82, 2.24) is 0 Å². The molecule has 2 rings (SSSR count). The monoisotopic (exact) mass is 271 g/mol. The largest absolute Gasteiger partial charge is 0.240 e. The van der Waals surface area contributed by atoms with Crippen molar-refractivity contribution in [2.45, 2.75) is 11.3 Å². The number of allylic oxidation sites excluding steroid dienone is 1. The topological polar surface area (TPSA) is 29.4 Å². The van der Waals surface area contributed by atoms with E-state index in [4.69, 9.17) is 0 Å². The number of rotatable bonds is 4. The summed E-state index contributed by atoms with van der Waals surface area (Å²) < 4.78 is 16.8. The normalized spacial score (nSPS) is 14.2. The van der Waals surface area contributed by atoms with Gasteiger partial charge in [-0.2, -0.15) is 0 Å². The Bertz CT molecular complexity index is 654. The molecule has 98 valence electrons. The Labute approximate surface area is 115 Å². The molecular weight excluding hydrogens is 254 g/mol. The minimum Gasteiger partial charge on any atom is -0.240 e. The van der Waals surface area contributed by atoms with Gasteiger partial charge >= 0.3 is 0 Å². The third kappa shape index (κ3) is 3.55. The highest BCUT2D eigenvalue weighted by molar-refractivity contribution is 7.96. The summed E-state index contributed by atoms with van der Waals surface area (Å²) in [5.41, 5.74) is 1.20. The van der Waals surface area contributed by atoms with Gasteiger partial charge in [0.05, 0.1) is 14.6 Å². The summed E-state index contributed by atoms with van der Waals surface area (Å²) >= 11 is 0. The smallest absolute Gasteiger partial charge is 0.0963 e. The summed E-state index contributed by atoms with van der Waals surface area (Å²) in [6.45, 7) is 0. The maximum atomic E-state index is 12.7. The molecule has 2 aromatic rings. The van der Waals surface area contributed by atoms with Gasteiger partial charge < -0.3 is 0 Å². The van der Waals surface area contributed by atoms with E-state index in [1.54, 1.807) is 12.5 Å². The molecule has 2 aromatic carbocycles. The first kappa shape index (κ1) is 13.6. The highest BCUT2D eigenvalue weighted by Crippen LogP contribution is 2.14. The molecule has 0 amide bonds. The first-order valence-electron chi connectivity index (χ1n) is 6.15. The van der Waals surface area contributed by atoms with Gasteiger partial charge in [0, 0.05) is 12.5 Å². The van der Waals surface area contributed by atoms with E-state index < -0.39 is 9.73 Å². The molecule has 0 aliphatic heterocycles. The predicted octanol–water partition coefficient (Wildman–Crippen LogP) is 3.90. The van der Waals surface area contributed by atoms with Crippen molar-refractivity contribution in [2.75, 3.05) is 7.05 Å². The van der Waals surface area contributed by atoms with Gasteiger partial charge in [-0.05, 0) is 24.1 Å². The third-order valence-corrected chi connectivity index (χ3v) is 4.88. The summed E-state index contributed by atoms with van der Waals surface area (Å²) in [5, 5.41) is 1.72. The lowest BCUT2D eigenvalue weighted by Gasteiger charge is -2.04. The molecule has 0 spiro atoms. The quantitative estimate of drug-likeness (QED) is 0.829. The van der Waals surface area contributed by atoms with Crippen LogP contribution in [0.3, 0.4) is 0 Å². The van der Waals surface area contributed by atoms with E-state index in [0.717, 1.165) is 11.3 Å². The molecule has 1 atom stereocenters. The van der Waals surface area contributed by atoms with Crippen LogP contribution in [0.5, 0.6) is 0 Å². The molecule has 0 fully saturated rings. The lowest BCUT2D eigenvalue weighted by Crippen LogP contribution is -1.96. The van der Waals surface area contributed by atoms with E-state index in [1.165, 1.54) is 5.56 Å². The minimum atomic E-state index is -2.43. The zero-order valence-corrected chi connectivity index (χ0v) is 11.7. The Hall–Kier alpha value is -1.87. The molecular formula is C16H17NOS. The molecule has 1 unspecified atom stereocenters. The molecule has 0 N–H and O–H groups in total. The van der Waals surface area contributed by atoms with Crippen LogP contribution in [0.25, 0.3) is 0 Å². The third-order valence-electron chi connectivity index (χ3n) is 2.83. The Balaban J connectivity index is 2.19. The van der Waals surface area contributed by atoms with E-state index in [-0.39, 0.29) is 0 Å². The summed E-state index contributed by atoms with van der Waals surface area (Å²) in [5.74, 6) is 0. The second-order valence-corrected chi connectivity index (χ2v) is 6.37. The van der Waals surface area contributed by atoms with Gasteiger partial charge in [-0.3, -0.25) is 0 Å². The van der Waals surface area contributed by atoms with Crippen LogP contribution in [0, 0.1) is 0 Å². The van der Waals surface area contributed by atoms with Gasteiger partial charge in [-0.15, -0.1) is 0 Å². The van der Waals surface area contributed by atoms with Crippen LogP contribution >= 0.6 is 0 Å². The van der Waals surface area contributed by atoms with Crippen LogP contribution in [0.15, 0.2) is 81.4 Å². The van der Waals surface area contributed by atoms with Crippen molar-refractivity contribution in [3.05, 3.63) is 77.7 Å². The van der Waals surface area contributed by atoms with Gasteiger partial charge in [0.1, 0.15) is 0 Å². The molecule has 0 aliphatic carbocycles. The van der Waals surface area contributed by atoms with Crippen molar-refractivity contribution >= 4 is 9.73 Å². The van der Waals surface area contributed by atoms with Crippen molar-refractivity contribution in [3.8, 4) is 0 Å². The zero-order valence-electron chi connectivity index (χ0n) is 10.9. The van der Waals surface area contributed by atoms with Crippen LogP contribution in [0.2, 0.25) is 0 Å². The first-order valence-corrected chi connectivity index (χ1v) is 7.73. The van der Waals surface area contributed by atoms with Gasteiger partial charge in [0.15, 0.2) is 0 Å². The fourth-order valence-corrected chi connectivity index (χ4v) is 3.18. The van der Waals surface area contributed by atoms with E-state index in [9.17, 15) is 4.21 Å². The maximum Gasteiger partial charge on any atom is 0.0963 e. The minimum absolute atomic E-state index is 0.752. The predicted molar refractivity (Wildman–Crippen MR) is 80.5 cm³/mol. The van der Waals surface area contributed by atoms with Crippen LogP contribution in [0.1, 0.15) is 5.56 Å². The second kappa shape index (κ2) is 6.34. The lowest BCUT2D eigenvalue weighted by atomic mass is 10.2. The van der Waals surface area contributed by atoms with E-state index in [0.29, 0.717) is 0 Å². The zero-order chi connectivity index (χ0) is 13.6. The number of benzene rings is 2. The highest BCUT2D eigenvalue weighted by atomic mass is 32.2. The summed E-state index contributed by atoms with van der Waals surface area (Å²) in [6, 6.07) is 19.5. The van der Waals surface area contributed by atoms with Crippen LogP contribution < -0.4 is 0 Å². The van der Waals surface area contributed by atoms with Crippen LogP contribution in [-0.4, -0.2) is 11.3 Å². The van der Waals surface area contributed by atoms with Gasteiger partial charge in [0.25, 0.3) is 0 Å². The number of nitrogens with zero attached hydrogens (tertiary/aromatic N) is 1. The Morgan fingerprint density at radius 3 is 2.16 bits per heavy atom. The van der Waals surface area contributed by atoms with Gasteiger partial charge in [0.2, 0.25) is 0 Å². The summed E-state index contributed by atoms with van der Waals surface area (Å²) in [4.78, 5) is 0.752. The number of hydrogen-bond donors (Lipinski definition) is 0. The lowest BCUT2D eigenvalue weighted by molar-refractivity contribution is 0.682.